The molecular weight excluding hydrogens is 272 g/mol. The highest BCUT2D eigenvalue weighted by Gasteiger charge is 2.26. The SMILES string of the molecule is Cc1c(Cl)cccc1C(=O)N1CCc2ccc(N)cc21. The fraction of sp³-hybridized carbons (Fsp3) is 0.188. The number of carbonyl (C=O) groups excluding carboxylic acids is 1. The molecule has 2 aromatic rings. The van der Waals surface area contributed by atoms with Crippen molar-refractivity contribution < 1.29 is 4.79 Å². The minimum atomic E-state index is -0.0191. The molecule has 1 heterocycles. The number of nitrogens with two attached hydrogens (primary N) is 1. The van der Waals surface area contributed by atoms with Crippen LogP contribution in [0, 0.1) is 6.92 Å². The van der Waals surface area contributed by atoms with Crippen molar-refractivity contribution in [1.82, 2.24) is 0 Å². The van der Waals surface area contributed by atoms with E-state index < -0.39 is 0 Å². The van der Waals surface area contributed by atoms with Crippen LogP contribution < -0.4 is 10.6 Å². The molecule has 0 radical (unpaired) electrons. The number of nitrogens with zero attached hydrogens (tertiary/aromatic N) is 1. The maximum absolute atomic E-state index is 12.7. The number of hydrogen-bond acceptors (Lipinski definition) is 2. The molecule has 102 valence electrons. The fourth-order valence-corrected chi connectivity index (χ4v) is 2.77. The molecule has 0 aliphatic carbocycles. The molecule has 0 bridgehead atoms. The molecule has 0 spiro atoms. The Kier molecular flexibility index (Phi) is 3.14. The van der Waals surface area contributed by atoms with E-state index in [1.54, 1.807) is 17.0 Å². The van der Waals surface area contributed by atoms with E-state index in [0.717, 1.165) is 23.2 Å². The second-order valence-electron chi connectivity index (χ2n) is 5.01. The molecule has 3 rings (SSSR count). The highest BCUT2D eigenvalue weighted by molar-refractivity contribution is 6.32. The average molecular weight is 287 g/mol. The Morgan fingerprint density at radius 2 is 2.10 bits per heavy atom. The van der Waals surface area contributed by atoms with Crippen molar-refractivity contribution in [1.29, 1.82) is 0 Å². The molecule has 3 nitrogen and oxygen atoms in total. The van der Waals surface area contributed by atoms with E-state index in [1.165, 1.54) is 0 Å². The van der Waals surface area contributed by atoms with E-state index >= 15 is 0 Å². The molecule has 2 aromatic carbocycles. The molecule has 0 saturated carbocycles. The zero-order valence-electron chi connectivity index (χ0n) is 11.2. The molecule has 0 saturated heterocycles. The first kappa shape index (κ1) is 13.0. The van der Waals surface area contributed by atoms with Crippen LogP contribution >= 0.6 is 11.6 Å². The van der Waals surface area contributed by atoms with Crippen LogP contribution in [0.25, 0.3) is 0 Å². The Balaban J connectivity index is 2.02. The minimum Gasteiger partial charge on any atom is -0.399 e. The third-order valence-corrected chi connectivity index (χ3v) is 4.16. The molecule has 1 aliphatic heterocycles. The van der Waals surface area contributed by atoms with Crippen molar-refractivity contribution in [3.63, 3.8) is 0 Å². The quantitative estimate of drug-likeness (QED) is 0.816. The summed E-state index contributed by atoms with van der Waals surface area (Å²) in [5, 5.41) is 0.614. The van der Waals surface area contributed by atoms with Gasteiger partial charge in [0.1, 0.15) is 0 Å². The minimum absolute atomic E-state index is 0.0191. The Morgan fingerprint density at radius 3 is 2.90 bits per heavy atom. The smallest absolute Gasteiger partial charge is 0.258 e. The van der Waals surface area contributed by atoms with Crippen LogP contribution in [0.3, 0.4) is 0 Å². The van der Waals surface area contributed by atoms with Crippen LogP contribution in [0.5, 0.6) is 0 Å². The van der Waals surface area contributed by atoms with Crippen molar-refractivity contribution in [3.05, 3.63) is 58.1 Å². The summed E-state index contributed by atoms with van der Waals surface area (Å²) in [7, 11) is 0. The number of carbonyl (C=O) groups is 1. The highest BCUT2D eigenvalue weighted by atomic mass is 35.5. The number of fused-ring (bicyclic) bond motifs is 1. The van der Waals surface area contributed by atoms with Gasteiger partial charge in [-0.3, -0.25) is 4.79 Å². The second kappa shape index (κ2) is 4.84. The first-order valence-corrected chi connectivity index (χ1v) is 6.91. The number of anilines is 2. The van der Waals surface area contributed by atoms with Gasteiger partial charge < -0.3 is 10.6 Å². The second-order valence-corrected chi connectivity index (χ2v) is 5.41. The fourth-order valence-electron chi connectivity index (χ4n) is 2.59. The van der Waals surface area contributed by atoms with Crippen LogP contribution in [0.4, 0.5) is 11.4 Å². The maximum Gasteiger partial charge on any atom is 0.258 e. The van der Waals surface area contributed by atoms with Crippen molar-refractivity contribution in [2.75, 3.05) is 17.2 Å². The summed E-state index contributed by atoms with van der Waals surface area (Å²) < 4.78 is 0. The molecule has 20 heavy (non-hydrogen) atoms. The van der Waals surface area contributed by atoms with Gasteiger partial charge in [0.25, 0.3) is 5.91 Å². The van der Waals surface area contributed by atoms with E-state index in [-0.39, 0.29) is 5.91 Å². The maximum atomic E-state index is 12.7. The summed E-state index contributed by atoms with van der Waals surface area (Å²) in [6, 6.07) is 11.1. The topological polar surface area (TPSA) is 46.3 Å². The van der Waals surface area contributed by atoms with Crippen molar-refractivity contribution in [3.8, 4) is 0 Å². The Hall–Kier alpha value is -2.00. The van der Waals surface area contributed by atoms with E-state index in [2.05, 4.69) is 0 Å². The van der Waals surface area contributed by atoms with E-state index in [0.29, 0.717) is 22.8 Å². The van der Waals surface area contributed by atoms with Crippen molar-refractivity contribution in [2.24, 2.45) is 0 Å². The van der Waals surface area contributed by atoms with Gasteiger partial charge in [-0.15, -0.1) is 0 Å². The van der Waals surface area contributed by atoms with Crippen LogP contribution in [-0.4, -0.2) is 12.5 Å². The number of benzene rings is 2. The van der Waals surface area contributed by atoms with Gasteiger partial charge in [-0.1, -0.05) is 23.7 Å². The van der Waals surface area contributed by atoms with Crippen LogP contribution in [0.2, 0.25) is 5.02 Å². The summed E-state index contributed by atoms with van der Waals surface area (Å²) in [4.78, 5) is 14.5. The van der Waals surface area contributed by atoms with Crippen molar-refractivity contribution in [2.45, 2.75) is 13.3 Å². The first-order chi connectivity index (χ1) is 9.58. The predicted molar refractivity (Wildman–Crippen MR) is 82.4 cm³/mol. The number of hydrogen-bond donors (Lipinski definition) is 1. The van der Waals surface area contributed by atoms with Gasteiger partial charge in [0.15, 0.2) is 0 Å². The third kappa shape index (κ3) is 2.04. The van der Waals surface area contributed by atoms with E-state index in [4.69, 9.17) is 17.3 Å². The van der Waals surface area contributed by atoms with Gasteiger partial charge in [-0.05, 0) is 48.7 Å². The monoisotopic (exact) mass is 286 g/mol. The van der Waals surface area contributed by atoms with Crippen LogP contribution in [0.15, 0.2) is 36.4 Å². The summed E-state index contributed by atoms with van der Waals surface area (Å²) in [5.41, 5.74) is 10.0. The lowest BCUT2D eigenvalue weighted by atomic mass is 10.1. The molecular formula is C16H15ClN2O. The Morgan fingerprint density at radius 1 is 1.30 bits per heavy atom. The zero-order chi connectivity index (χ0) is 14.3. The Bertz CT molecular complexity index is 697. The lowest BCUT2D eigenvalue weighted by Gasteiger charge is -2.19. The summed E-state index contributed by atoms with van der Waals surface area (Å²) in [6.45, 7) is 2.55. The summed E-state index contributed by atoms with van der Waals surface area (Å²) in [5.74, 6) is -0.0191. The standard InChI is InChI=1S/C16H15ClN2O/c1-10-13(3-2-4-14(10)17)16(20)19-8-7-11-5-6-12(18)9-15(11)19/h2-6,9H,7-8,18H2,1H3. The molecule has 1 aliphatic rings. The molecule has 2 N–H and O–H groups in total. The number of rotatable bonds is 1. The molecule has 4 heteroatoms. The lowest BCUT2D eigenvalue weighted by Crippen LogP contribution is -2.29. The molecule has 0 unspecified atom stereocenters. The summed E-state index contributed by atoms with van der Waals surface area (Å²) in [6.07, 6.45) is 0.862. The summed E-state index contributed by atoms with van der Waals surface area (Å²) >= 11 is 6.10. The number of nitrogen functional groups attached to an aromatic ring is 1. The normalized spacial score (nSPS) is 13.4. The number of amides is 1. The van der Waals surface area contributed by atoms with E-state index in [9.17, 15) is 4.79 Å². The van der Waals surface area contributed by atoms with Crippen LogP contribution in [-0.2, 0) is 6.42 Å². The van der Waals surface area contributed by atoms with Gasteiger partial charge in [-0.2, -0.15) is 0 Å². The Labute approximate surface area is 123 Å². The average Bonchev–Trinajstić information content (AvgIpc) is 2.84. The van der Waals surface area contributed by atoms with Gasteiger partial charge >= 0.3 is 0 Å². The van der Waals surface area contributed by atoms with Crippen molar-refractivity contribution >= 4 is 28.9 Å². The largest absolute Gasteiger partial charge is 0.399 e. The molecule has 0 fully saturated rings. The lowest BCUT2D eigenvalue weighted by molar-refractivity contribution is 0.0989. The van der Waals surface area contributed by atoms with Gasteiger partial charge in [0.05, 0.1) is 0 Å². The molecule has 0 aromatic heterocycles. The third-order valence-electron chi connectivity index (χ3n) is 3.75. The van der Waals surface area contributed by atoms with Gasteiger partial charge in [-0.25, -0.2) is 0 Å². The molecule has 0 atom stereocenters. The molecule has 1 amide bonds. The van der Waals surface area contributed by atoms with E-state index in [1.807, 2.05) is 31.2 Å². The zero-order valence-corrected chi connectivity index (χ0v) is 11.9. The highest BCUT2D eigenvalue weighted by Crippen LogP contribution is 2.32. The number of halogens is 1. The van der Waals surface area contributed by atoms with Gasteiger partial charge in [0.2, 0.25) is 0 Å². The first-order valence-electron chi connectivity index (χ1n) is 6.53. The van der Waals surface area contributed by atoms with Gasteiger partial charge in [0, 0.05) is 28.5 Å². The predicted octanol–water partition coefficient (Wildman–Crippen LogP) is 3.43. The van der Waals surface area contributed by atoms with Crippen LogP contribution in [0.1, 0.15) is 21.5 Å².